The van der Waals surface area contributed by atoms with Gasteiger partial charge in [0.1, 0.15) is 17.7 Å². The molecule has 7 nitrogen and oxygen atoms in total. The van der Waals surface area contributed by atoms with Crippen LogP contribution in [0.3, 0.4) is 0 Å². The number of hydrogen-bond acceptors (Lipinski definition) is 4. The number of amides is 3. The van der Waals surface area contributed by atoms with Crippen molar-refractivity contribution in [2.45, 2.75) is 131 Å². The molecule has 3 amide bonds. The summed E-state index contributed by atoms with van der Waals surface area (Å²) in [6.45, 7) is 17.7. The molecule has 3 unspecified atom stereocenters. The van der Waals surface area contributed by atoms with Crippen LogP contribution in [0.4, 0.5) is 4.79 Å². The normalized spacial score (nSPS) is 13.9. The number of benzene rings is 1. The molecule has 37 heavy (non-hydrogen) atoms. The first kappa shape index (κ1) is 32.5. The molecule has 1 aromatic rings. The van der Waals surface area contributed by atoms with Crippen LogP contribution in [-0.2, 0) is 14.3 Å². The molecular formula is C30H51N3O4. The Kier molecular flexibility index (Phi) is 13.7. The largest absolute Gasteiger partial charge is 0.444 e. The molecular weight excluding hydrogens is 466 g/mol. The van der Waals surface area contributed by atoms with Gasteiger partial charge < -0.3 is 20.3 Å². The molecule has 0 saturated heterocycles. The van der Waals surface area contributed by atoms with E-state index in [2.05, 4.69) is 24.5 Å². The van der Waals surface area contributed by atoms with Crippen LogP contribution in [0.1, 0.15) is 116 Å². The van der Waals surface area contributed by atoms with Crippen LogP contribution in [0.5, 0.6) is 0 Å². The van der Waals surface area contributed by atoms with Gasteiger partial charge in [0.25, 0.3) is 0 Å². The highest BCUT2D eigenvalue weighted by Crippen LogP contribution is 2.28. The third-order valence-electron chi connectivity index (χ3n) is 6.50. The lowest BCUT2D eigenvalue weighted by molar-refractivity contribution is -0.142. The predicted molar refractivity (Wildman–Crippen MR) is 150 cm³/mol. The van der Waals surface area contributed by atoms with E-state index in [4.69, 9.17) is 4.74 Å². The Bertz CT molecular complexity index is 878. The quantitative estimate of drug-likeness (QED) is 0.281. The molecule has 1 aromatic carbocycles. The minimum Gasteiger partial charge on any atom is -0.444 e. The van der Waals surface area contributed by atoms with Gasteiger partial charge in [-0.2, -0.15) is 0 Å². The second-order valence-corrected chi connectivity index (χ2v) is 11.2. The Hall–Kier alpha value is -2.57. The van der Waals surface area contributed by atoms with Gasteiger partial charge >= 0.3 is 6.09 Å². The Morgan fingerprint density at radius 2 is 1.59 bits per heavy atom. The highest BCUT2D eigenvalue weighted by molar-refractivity contribution is 5.92. The zero-order chi connectivity index (χ0) is 28.2. The maximum atomic E-state index is 13.9. The molecule has 210 valence electrons. The molecule has 0 spiro atoms. The van der Waals surface area contributed by atoms with Crippen molar-refractivity contribution >= 4 is 17.9 Å². The maximum absolute atomic E-state index is 13.9. The average Bonchev–Trinajstić information content (AvgIpc) is 2.78. The Morgan fingerprint density at radius 3 is 2.19 bits per heavy atom. The zero-order valence-electron chi connectivity index (χ0n) is 24.7. The van der Waals surface area contributed by atoms with Gasteiger partial charge in [0, 0.05) is 12.6 Å². The number of unbranched alkanes of at least 4 members (excludes halogenated alkanes) is 4. The van der Waals surface area contributed by atoms with Crippen molar-refractivity contribution in [2.75, 3.05) is 6.54 Å². The molecule has 0 aliphatic rings. The summed E-state index contributed by atoms with van der Waals surface area (Å²) in [5.74, 6) is -0.494. The maximum Gasteiger partial charge on any atom is 0.408 e. The predicted octanol–water partition coefficient (Wildman–Crippen LogP) is 6.36. The molecule has 3 atom stereocenters. The molecule has 0 aliphatic carbocycles. The number of nitrogens with one attached hydrogen (secondary N) is 2. The summed E-state index contributed by atoms with van der Waals surface area (Å²) in [5.41, 5.74) is 2.18. The van der Waals surface area contributed by atoms with Gasteiger partial charge in [-0.05, 0) is 78.0 Å². The van der Waals surface area contributed by atoms with Crippen LogP contribution in [-0.4, -0.2) is 47.0 Å². The SMILES string of the molecule is CCCCCCCN(C(=O)C(C)NC(=O)OC(C)(C)C)C(C(=O)NC(C)CCC)c1cccc(C)c1C. The number of nitrogens with zero attached hydrogens (tertiary/aromatic N) is 1. The van der Waals surface area contributed by atoms with Crippen LogP contribution >= 0.6 is 0 Å². The summed E-state index contributed by atoms with van der Waals surface area (Å²) >= 11 is 0. The Morgan fingerprint density at radius 1 is 0.946 bits per heavy atom. The summed E-state index contributed by atoms with van der Waals surface area (Å²) in [4.78, 5) is 41.7. The summed E-state index contributed by atoms with van der Waals surface area (Å²) in [5, 5.41) is 5.81. The molecule has 1 rings (SSSR count). The first-order valence-corrected chi connectivity index (χ1v) is 14.0. The topological polar surface area (TPSA) is 87.7 Å². The van der Waals surface area contributed by atoms with E-state index in [1.54, 1.807) is 32.6 Å². The minimum atomic E-state index is -0.848. The van der Waals surface area contributed by atoms with Gasteiger partial charge in [-0.25, -0.2) is 4.79 Å². The molecule has 0 bridgehead atoms. The smallest absolute Gasteiger partial charge is 0.408 e. The number of carbonyl (C=O) groups is 3. The fourth-order valence-corrected chi connectivity index (χ4v) is 4.39. The number of alkyl carbamates (subject to hydrolysis) is 1. The van der Waals surface area contributed by atoms with Crippen molar-refractivity contribution in [1.29, 1.82) is 0 Å². The number of aryl methyl sites for hydroxylation is 1. The fraction of sp³-hybridized carbons (Fsp3) is 0.700. The summed E-state index contributed by atoms with van der Waals surface area (Å²) in [6.07, 6.45) is 6.25. The van der Waals surface area contributed by atoms with E-state index in [1.165, 1.54) is 0 Å². The second-order valence-electron chi connectivity index (χ2n) is 11.2. The van der Waals surface area contributed by atoms with Crippen LogP contribution < -0.4 is 10.6 Å². The average molecular weight is 518 g/mol. The molecule has 0 aromatic heterocycles. The van der Waals surface area contributed by atoms with Crippen LogP contribution in [0.15, 0.2) is 18.2 Å². The first-order valence-electron chi connectivity index (χ1n) is 14.0. The van der Waals surface area contributed by atoms with Gasteiger partial charge in [-0.15, -0.1) is 0 Å². The molecule has 0 saturated carbocycles. The number of ether oxygens (including phenoxy) is 1. The Balaban J connectivity index is 3.39. The van der Waals surface area contributed by atoms with Crippen molar-refractivity contribution in [1.82, 2.24) is 15.5 Å². The van der Waals surface area contributed by atoms with E-state index in [0.717, 1.165) is 61.6 Å². The van der Waals surface area contributed by atoms with Crippen molar-refractivity contribution in [3.05, 3.63) is 34.9 Å². The van der Waals surface area contributed by atoms with Crippen LogP contribution in [0.25, 0.3) is 0 Å². The van der Waals surface area contributed by atoms with Crippen molar-refractivity contribution in [3.8, 4) is 0 Å². The lowest BCUT2D eigenvalue weighted by atomic mass is 9.94. The van der Waals surface area contributed by atoms with Crippen molar-refractivity contribution < 1.29 is 19.1 Å². The van der Waals surface area contributed by atoms with E-state index < -0.39 is 23.8 Å². The van der Waals surface area contributed by atoms with Gasteiger partial charge in [0.05, 0.1) is 0 Å². The van der Waals surface area contributed by atoms with Crippen LogP contribution in [0, 0.1) is 13.8 Å². The van der Waals surface area contributed by atoms with Crippen molar-refractivity contribution in [3.63, 3.8) is 0 Å². The molecule has 0 fully saturated rings. The van der Waals surface area contributed by atoms with Gasteiger partial charge in [0.2, 0.25) is 11.8 Å². The fourth-order valence-electron chi connectivity index (χ4n) is 4.39. The van der Waals surface area contributed by atoms with Gasteiger partial charge in [0.15, 0.2) is 0 Å². The molecule has 0 aliphatic heterocycles. The van der Waals surface area contributed by atoms with E-state index in [-0.39, 0.29) is 17.9 Å². The lowest BCUT2D eigenvalue weighted by Crippen LogP contribution is -2.53. The summed E-state index contributed by atoms with van der Waals surface area (Å²) in [6, 6.07) is 4.22. The second kappa shape index (κ2) is 15.6. The highest BCUT2D eigenvalue weighted by atomic mass is 16.6. The van der Waals surface area contributed by atoms with E-state index in [9.17, 15) is 14.4 Å². The summed E-state index contributed by atoms with van der Waals surface area (Å²) in [7, 11) is 0. The molecule has 0 heterocycles. The third kappa shape index (κ3) is 11.1. The highest BCUT2D eigenvalue weighted by Gasteiger charge is 2.35. The molecule has 0 radical (unpaired) electrons. The Labute approximate surface area is 225 Å². The number of hydrogen-bond donors (Lipinski definition) is 2. The first-order chi connectivity index (χ1) is 17.3. The molecule has 7 heteroatoms. The zero-order valence-corrected chi connectivity index (χ0v) is 24.7. The standard InChI is InChI=1S/C30H51N3O4/c1-10-12-13-14-15-20-33(28(35)24(6)32-29(36)37-30(7,8)9)26(27(34)31-22(4)17-11-2)25-19-16-18-21(3)23(25)5/h16,18-19,22,24,26H,10-15,17,20H2,1-9H3,(H,31,34)(H,32,36). The lowest BCUT2D eigenvalue weighted by Gasteiger charge is -2.35. The monoisotopic (exact) mass is 517 g/mol. The van der Waals surface area contributed by atoms with Gasteiger partial charge in [-0.3, -0.25) is 9.59 Å². The molecule has 2 N–H and O–H groups in total. The van der Waals surface area contributed by atoms with Crippen molar-refractivity contribution in [2.24, 2.45) is 0 Å². The number of rotatable bonds is 14. The van der Waals surface area contributed by atoms with Crippen LogP contribution in [0.2, 0.25) is 0 Å². The minimum absolute atomic E-state index is 0.0102. The number of carbonyl (C=O) groups excluding carboxylic acids is 3. The summed E-state index contributed by atoms with van der Waals surface area (Å²) < 4.78 is 5.37. The van der Waals surface area contributed by atoms with Gasteiger partial charge in [-0.1, -0.05) is 64.2 Å². The third-order valence-corrected chi connectivity index (χ3v) is 6.50. The van der Waals surface area contributed by atoms with E-state index in [0.29, 0.717) is 6.54 Å². The van der Waals surface area contributed by atoms with E-state index in [1.807, 2.05) is 39.0 Å². The van der Waals surface area contributed by atoms with E-state index >= 15 is 0 Å².